The maximum atomic E-state index is 5.89. The van der Waals surface area contributed by atoms with Gasteiger partial charge in [0.15, 0.2) is 0 Å². The van der Waals surface area contributed by atoms with E-state index in [1.165, 1.54) is 4.90 Å². The van der Waals surface area contributed by atoms with Gasteiger partial charge in [-0.15, -0.1) is 11.8 Å². The molecule has 1 heterocycles. The van der Waals surface area contributed by atoms with Gasteiger partial charge in [0.05, 0.1) is 6.33 Å². The average Bonchev–Trinajstić information content (AvgIpc) is 3.04. The summed E-state index contributed by atoms with van der Waals surface area (Å²) in [5.74, 6) is 0.922. The first-order chi connectivity index (χ1) is 10.6. The summed E-state index contributed by atoms with van der Waals surface area (Å²) in [6, 6.07) is 8.24. The van der Waals surface area contributed by atoms with Crippen LogP contribution in [0.4, 0.5) is 0 Å². The van der Waals surface area contributed by atoms with Crippen molar-refractivity contribution in [3.63, 3.8) is 0 Å². The van der Waals surface area contributed by atoms with Gasteiger partial charge in [0, 0.05) is 29.4 Å². The Morgan fingerprint density at radius 2 is 2.05 bits per heavy atom. The molecule has 0 saturated carbocycles. The SMILES string of the molecule is CSc1ccc(OCC(C)(C)NCCCn2ccnc2)cc1. The average molecular weight is 319 g/mol. The Morgan fingerprint density at radius 1 is 1.27 bits per heavy atom. The Morgan fingerprint density at radius 3 is 2.68 bits per heavy atom. The highest BCUT2D eigenvalue weighted by Crippen LogP contribution is 2.19. The number of hydrogen-bond donors (Lipinski definition) is 1. The quantitative estimate of drug-likeness (QED) is 0.568. The first-order valence-corrected chi connectivity index (χ1v) is 8.79. The highest BCUT2D eigenvalue weighted by molar-refractivity contribution is 7.98. The molecule has 0 bridgehead atoms. The number of ether oxygens (including phenoxy) is 1. The molecule has 0 saturated heterocycles. The lowest BCUT2D eigenvalue weighted by molar-refractivity contribution is 0.207. The highest BCUT2D eigenvalue weighted by Gasteiger charge is 2.17. The minimum absolute atomic E-state index is 0.0485. The Bertz CT molecular complexity index is 538. The fourth-order valence-corrected chi connectivity index (χ4v) is 2.50. The fraction of sp³-hybridized carbons (Fsp3) is 0.471. The maximum absolute atomic E-state index is 5.89. The van der Waals surface area contributed by atoms with Gasteiger partial charge in [-0.25, -0.2) is 4.98 Å². The molecule has 0 aliphatic carbocycles. The molecule has 120 valence electrons. The van der Waals surface area contributed by atoms with Crippen molar-refractivity contribution < 1.29 is 4.74 Å². The highest BCUT2D eigenvalue weighted by atomic mass is 32.2. The van der Waals surface area contributed by atoms with Crippen LogP contribution in [-0.2, 0) is 6.54 Å². The Labute approximate surface area is 137 Å². The third kappa shape index (κ3) is 5.73. The maximum Gasteiger partial charge on any atom is 0.119 e. The van der Waals surface area contributed by atoms with E-state index in [0.717, 1.165) is 25.3 Å². The molecule has 5 heteroatoms. The van der Waals surface area contributed by atoms with E-state index in [2.05, 4.69) is 47.1 Å². The van der Waals surface area contributed by atoms with Gasteiger partial charge in [-0.2, -0.15) is 0 Å². The van der Waals surface area contributed by atoms with Crippen molar-refractivity contribution in [2.75, 3.05) is 19.4 Å². The summed E-state index contributed by atoms with van der Waals surface area (Å²) in [6.07, 6.45) is 8.81. The number of rotatable bonds is 9. The lowest BCUT2D eigenvalue weighted by atomic mass is 10.1. The van der Waals surface area contributed by atoms with Gasteiger partial charge in [0.1, 0.15) is 12.4 Å². The van der Waals surface area contributed by atoms with E-state index in [0.29, 0.717) is 6.61 Å². The van der Waals surface area contributed by atoms with Gasteiger partial charge in [-0.05, 0) is 57.3 Å². The number of nitrogens with zero attached hydrogens (tertiary/aromatic N) is 2. The Balaban J connectivity index is 1.68. The Kier molecular flexibility index (Phi) is 6.34. The largest absolute Gasteiger partial charge is 0.492 e. The second-order valence-corrected chi connectivity index (χ2v) is 6.81. The topological polar surface area (TPSA) is 39.1 Å². The van der Waals surface area contributed by atoms with Crippen molar-refractivity contribution in [2.24, 2.45) is 0 Å². The lowest BCUT2D eigenvalue weighted by Crippen LogP contribution is -2.45. The standard InChI is InChI=1S/C17H25N3OS/c1-17(2,19-9-4-11-20-12-10-18-14-20)13-21-15-5-7-16(22-3)8-6-15/h5-8,10,12,14,19H,4,9,11,13H2,1-3H3. The molecule has 2 aromatic rings. The number of thioether (sulfide) groups is 1. The summed E-state index contributed by atoms with van der Waals surface area (Å²) in [7, 11) is 0. The fourth-order valence-electron chi connectivity index (χ4n) is 2.09. The van der Waals surface area contributed by atoms with Crippen LogP contribution >= 0.6 is 11.8 Å². The molecule has 0 aliphatic heterocycles. The summed E-state index contributed by atoms with van der Waals surface area (Å²) in [5.41, 5.74) is -0.0485. The first kappa shape index (κ1) is 16.9. The van der Waals surface area contributed by atoms with Crippen LogP contribution in [-0.4, -0.2) is 34.5 Å². The van der Waals surface area contributed by atoms with E-state index in [-0.39, 0.29) is 5.54 Å². The second-order valence-electron chi connectivity index (χ2n) is 5.93. The molecular formula is C17H25N3OS. The van der Waals surface area contributed by atoms with Crippen molar-refractivity contribution in [3.8, 4) is 5.75 Å². The van der Waals surface area contributed by atoms with Crippen LogP contribution in [0.5, 0.6) is 5.75 Å². The van der Waals surface area contributed by atoms with Gasteiger partial charge < -0.3 is 14.6 Å². The van der Waals surface area contributed by atoms with Crippen LogP contribution in [0, 0.1) is 0 Å². The number of nitrogens with one attached hydrogen (secondary N) is 1. The number of benzene rings is 1. The molecule has 4 nitrogen and oxygen atoms in total. The minimum atomic E-state index is -0.0485. The number of imidazole rings is 1. The van der Waals surface area contributed by atoms with E-state index < -0.39 is 0 Å². The van der Waals surface area contributed by atoms with Crippen molar-refractivity contribution in [3.05, 3.63) is 43.0 Å². The van der Waals surface area contributed by atoms with Crippen LogP contribution in [0.1, 0.15) is 20.3 Å². The molecule has 2 rings (SSSR count). The second kappa shape index (κ2) is 8.25. The van der Waals surface area contributed by atoms with Crippen LogP contribution in [0.2, 0.25) is 0 Å². The molecule has 0 radical (unpaired) electrons. The van der Waals surface area contributed by atoms with Gasteiger partial charge in [-0.1, -0.05) is 0 Å². The van der Waals surface area contributed by atoms with Crippen LogP contribution < -0.4 is 10.1 Å². The van der Waals surface area contributed by atoms with E-state index in [9.17, 15) is 0 Å². The van der Waals surface area contributed by atoms with Crippen molar-refractivity contribution in [1.29, 1.82) is 0 Å². The predicted molar refractivity (Wildman–Crippen MR) is 92.6 cm³/mol. The smallest absolute Gasteiger partial charge is 0.119 e. The molecule has 0 unspecified atom stereocenters. The van der Waals surface area contributed by atoms with Gasteiger partial charge in [-0.3, -0.25) is 0 Å². The number of aryl methyl sites for hydroxylation is 1. The molecule has 22 heavy (non-hydrogen) atoms. The molecule has 1 N–H and O–H groups in total. The molecule has 1 aromatic carbocycles. The van der Waals surface area contributed by atoms with E-state index >= 15 is 0 Å². The first-order valence-electron chi connectivity index (χ1n) is 7.57. The van der Waals surface area contributed by atoms with Crippen molar-refractivity contribution in [2.45, 2.75) is 37.2 Å². The summed E-state index contributed by atoms with van der Waals surface area (Å²) >= 11 is 1.74. The summed E-state index contributed by atoms with van der Waals surface area (Å²) in [5, 5.41) is 3.55. The summed E-state index contributed by atoms with van der Waals surface area (Å²) in [6.45, 7) is 6.93. The van der Waals surface area contributed by atoms with Crippen molar-refractivity contribution >= 4 is 11.8 Å². The molecule has 0 aliphatic rings. The van der Waals surface area contributed by atoms with E-state index in [1.54, 1.807) is 11.8 Å². The molecule has 0 spiro atoms. The Hall–Kier alpha value is -1.46. The normalized spacial score (nSPS) is 11.6. The number of aromatic nitrogens is 2. The molecule has 0 fully saturated rings. The molecule has 0 atom stereocenters. The van der Waals surface area contributed by atoms with Gasteiger partial charge in [0.25, 0.3) is 0 Å². The zero-order valence-electron chi connectivity index (χ0n) is 13.6. The van der Waals surface area contributed by atoms with Crippen LogP contribution in [0.25, 0.3) is 0 Å². The van der Waals surface area contributed by atoms with Gasteiger partial charge >= 0.3 is 0 Å². The van der Waals surface area contributed by atoms with Crippen LogP contribution in [0.15, 0.2) is 47.9 Å². The molecule has 0 amide bonds. The summed E-state index contributed by atoms with van der Waals surface area (Å²) < 4.78 is 7.98. The lowest BCUT2D eigenvalue weighted by Gasteiger charge is -2.26. The van der Waals surface area contributed by atoms with Crippen molar-refractivity contribution in [1.82, 2.24) is 14.9 Å². The van der Waals surface area contributed by atoms with E-state index in [1.807, 2.05) is 30.9 Å². The van der Waals surface area contributed by atoms with Gasteiger partial charge in [0.2, 0.25) is 0 Å². The zero-order chi connectivity index (χ0) is 15.8. The van der Waals surface area contributed by atoms with E-state index in [4.69, 9.17) is 4.74 Å². The summed E-state index contributed by atoms with van der Waals surface area (Å²) in [4.78, 5) is 5.30. The molecule has 1 aromatic heterocycles. The minimum Gasteiger partial charge on any atom is -0.492 e. The monoisotopic (exact) mass is 319 g/mol. The predicted octanol–water partition coefficient (Wildman–Crippen LogP) is 3.44. The number of hydrogen-bond acceptors (Lipinski definition) is 4. The third-order valence-corrected chi connectivity index (χ3v) is 4.16. The molecular weight excluding hydrogens is 294 g/mol. The van der Waals surface area contributed by atoms with Crippen LogP contribution in [0.3, 0.4) is 0 Å². The zero-order valence-corrected chi connectivity index (χ0v) is 14.4. The third-order valence-electron chi connectivity index (χ3n) is 3.41.